The SMILES string of the molecule is CN(C(=O)c1cn2c(-c3ccc(C(F)(F)F)cc3)cnc2cn1)c1ccc(C#N)c(F)c1. The molecule has 0 N–H and O–H groups in total. The Kier molecular flexibility index (Phi) is 5.10. The van der Waals surface area contributed by atoms with Crippen LogP contribution in [0.15, 0.2) is 61.1 Å². The molecular weight excluding hydrogens is 426 g/mol. The monoisotopic (exact) mass is 439 g/mol. The summed E-state index contributed by atoms with van der Waals surface area (Å²) in [5, 5.41) is 8.85. The number of aromatic nitrogens is 3. The Labute approximate surface area is 179 Å². The van der Waals surface area contributed by atoms with Crippen LogP contribution in [0.5, 0.6) is 0 Å². The third kappa shape index (κ3) is 3.76. The zero-order chi connectivity index (χ0) is 23.0. The van der Waals surface area contributed by atoms with Crippen LogP contribution in [0.3, 0.4) is 0 Å². The van der Waals surface area contributed by atoms with E-state index in [-0.39, 0.29) is 16.9 Å². The van der Waals surface area contributed by atoms with Crippen LogP contribution in [0.2, 0.25) is 0 Å². The average Bonchev–Trinajstić information content (AvgIpc) is 3.20. The number of rotatable bonds is 3. The maximum Gasteiger partial charge on any atom is 0.416 e. The van der Waals surface area contributed by atoms with E-state index in [0.29, 0.717) is 16.9 Å². The molecule has 4 rings (SSSR count). The molecule has 1 amide bonds. The second-order valence-corrected chi connectivity index (χ2v) is 6.86. The molecule has 0 bridgehead atoms. The van der Waals surface area contributed by atoms with Gasteiger partial charge in [-0.25, -0.2) is 14.4 Å². The van der Waals surface area contributed by atoms with Crippen LogP contribution in [0.1, 0.15) is 21.6 Å². The number of alkyl halides is 3. The van der Waals surface area contributed by atoms with E-state index in [9.17, 15) is 22.4 Å². The normalized spacial score (nSPS) is 11.4. The summed E-state index contributed by atoms with van der Waals surface area (Å²) in [4.78, 5) is 22.3. The molecule has 160 valence electrons. The minimum atomic E-state index is -4.45. The highest BCUT2D eigenvalue weighted by Gasteiger charge is 2.30. The van der Waals surface area contributed by atoms with E-state index in [4.69, 9.17) is 5.26 Å². The molecule has 0 atom stereocenters. The van der Waals surface area contributed by atoms with Gasteiger partial charge in [0.1, 0.15) is 17.6 Å². The summed E-state index contributed by atoms with van der Waals surface area (Å²) in [6.45, 7) is 0. The maximum absolute atomic E-state index is 13.9. The van der Waals surface area contributed by atoms with E-state index in [1.165, 1.54) is 59.2 Å². The predicted molar refractivity (Wildman–Crippen MR) is 107 cm³/mol. The molecule has 0 spiro atoms. The first-order chi connectivity index (χ1) is 15.2. The van der Waals surface area contributed by atoms with Gasteiger partial charge in [0.2, 0.25) is 0 Å². The van der Waals surface area contributed by atoms with E-state index in [0.717, 1.165) is 18.2 Å². The second-order valence-electron chi connectivity index (χ2n) is 6.86. The number of fused-ring (bicyclic) bond motifs is 1. The number of carbonyl (C=O) groups is 1. The zero-order valence-electron chi connectivity index (χ0n) is 16.4. The van der Waals surface area contributed by atoms with Crippen molar-refractivity contribution in [1.82, 2.24) is 14.4 Å². The van der Waals surface area contributed by atoms with Crippen molar-refractivity contribution in [2.24, 2.45) is 0 Å². The van der Waals surface area contributed by atoms with Crippen molar-refractivity contribution < 1.29 is 22.4 Å². The Morgan fingerprint density at radius 1 is 1.09 bits per heavy atom. The fraction of sp³-hybridized carbons (Fsp3) is 0.0909. The van der Waals surface area contributed by atoms with E-state index in [2.05, 4.69) is 9.97 Å². The maximum atomic E-state index is 13.9. The van der Waals surface area contributed by atoms with E-state index < -0.39 is 23.5 Å². The lowest BCUT2D eigenvalue weighted by Gasteiger charge is -2.17. The van der Waals surface area contributed by atoms with Crippen LogP contribution in [-0.2, 0) is 6.18 Å². The lowest BCUT2D eigenvalue weighted by Crippen LogP contribution is -2.27. The van der Waals surface area contributed by atoms with Gasteiger partial charge in [-0.15, -0.1) is 0 Å². The fourth-order valence-corrected chi connectivity index (χ4v) is 3.14. The van der Waals surface area contributed by atoms with E-state index in [1.807, 2.05) is 0 Å². The summed E-state index contributed by atoms with van der Waals surface area (Å²) >= 11 is 0. The quantitative estimate of drug-likeness (QED) is 0.434. The van der Waals surface area contributed by atoms with Crippen LogP contribution in [-0.4, -0.2) is 27.3 Å². The Morgan fingerprint density at radius 2 is 1.81 bits per heavy atom. The molecule has 0 aliphatic rings. The molecule has 4 aromatic rings. The summed E-state index contributed by atoms with van der Waals surface area (Å²) in [5.41, 5.74) is 0.647. The third-order valence-electron chi connectivity index (χ3n) is 4.89. The van der Waals surface area contributed by atoms with Gasteiger partial charge in [0.05, 0.1) is 29.2 Å². The lowest BCUT2D eigenvalue weighted by atomic mass is 10.1. The molecule has 2 heterocycles. The zero-order valence-corrected chi connectivity index (χ0v) is 16.4. The Morgan fingerprint density at radius 3 is 2.44 bits per heavy atom. The number of hydrogen-bond donors (Lipinski definition) is 0. The number of nitrogens with zero attached hydrogens (tertiary/aromatic N) is 5. The van der Waals surface area contributed by atoms with Crippen molar-refractivity contribution in [3.8, 4) is 17.3 Å². The highest BCUT2D eigenvalue weighted by Crippen LogP contribution is 2.31. The second kappa shape index (κ2) is 7.77. The number of benzene rings is 2. The molecule has 0 radical (unpaired) electrons. The molecule has 0 aliphatic heterocycles. The number of hydrogen-bond acceptors (Lipinski definition) is 4. The molecule has 0 unspecified atom stereocenters. The number of nitriles is 1. The first-order valence-electron chi connectivity index (χ1n) is 9.17. The average molecular weight is 439 g/mol. The largest absolute Gasteiger partial charge is 0.416 e. The molecular formula is C22H13F4N5O. The van der Waals surface area contributed by atoms with Crippen LogP contribution < -0.4 is 4.90 Å². The fourth-order valence-electron chi connectivity index (χ4n) is 3.14. The Hall–Kier alpha value is -4.26. The summed E-state index contributed by atoms with van der Waals surface area (Å²) in [6.07, 6.45) is -0.215. The Balaban J connectivity index is 1.68. The molecule has 32 heavy (non-hydrogen) atoms. The molecule has 2 aromatic carbocycles. The van der Waals surface area contributed by atoms with Gasteiger partial charge in [-0.1, -0.05) is 12.1 Å². The number of imidazole rings is 1. The van der Waals surface area contributed by atoms with Crippen LogP contribution >= 0.6 is 0 Å². The number of amides is 1. The summed E-state index contributed by atoms with van der Waals surface area (Å²) in [7, 11) is 1.43. The number of carbonyl (C=O) groups excluding carboxylic acids is 1. The standard InChI is InChI=1S/C22H13F4N5O/c1-30(16-7-4-14(9-27)17(23)8-16)21(32)18-12-31-19(10-29-20(31)11-28-18)13-2-5-15(6-3-13)22(24,25)26/h2-8,10-12H,1H3. The highest BCUT2D eigenvalue weighted by molar-refractivity contribution is 6.04. The van der Waals surface area contributed by atoms with Gasteiger partial charge in [-0.2, -0.15) is 18.4 Å². The van der Waals surface area contributed by atoms with Gasteiger partial charge in [-0.05, 0) is 30.3 Å². The van der Waals surface area contributed by atoms with Gasteiger partial charge < -0.3 is 4.90 Å². The molecule has 0 saturated carbocycles. The first-order valence-corrected chi connectivity index (χ1v) is 9.17. The van der Waals surface area contributed by atoms with Gasteiger partial charge in [0, 0.05) is 24.5 Å². The van der Waals surface area contributed by atoms with Crippen LogP contribution in [0.25, 0.3) is 16.9 Å². The molecule has 10 heteroatoms. The van der Waals surface area contributed by atoms with Crippen molar-refractivity contribution in [3.05, 3.63) is 83.7 Å². The molecule has 0 fully saturated rings. The third-order valence-corrected chi connectivity index (χ3v) is 4.89. The van der Waals surface area contributed by atoms with Crippen molar-refractivity contribution >= 4 is 17.2 Å². The molecule has 6 nitrogen and oxygen atoms in total. The van der Waals surface area contributed by atoms with Crippen molar-refractivity contribution in [3.63, 3.8) is 0 Å². The molecule has 0 aliphatic carbocycles. The van der Waals surface area contributed by atoms with Gasteiger partial charge >= 0.3 is 6.18 Å². The van der Waals surface area contributed by atoms with Crippen LogP contribution in [0.4, 0.5) is 23.2 Å². The van der Waals surface area contributed by atoms with Gasteiger partial charge in [0.15, 0.2) is 5.65 Å². The van der Waals surface area contributed by atoms with Gasteiger partial charge in [-0.3, -0.25) is 9.20 Å². The van der Waals surface area contributed by atoms with E-state index in [1.54, 1.807) is 6.07 Å². The smallest absolute Gasteiger partial charge is 0.310 e. The van der Waals surface area contributed by atoms with Crippen LogP contribution in [0, 0.1) is 17.1 Å². The number of halogens is 4. The first kappa shape index (κ1) is 21.0. The topological polar surface area (TPSA) is 74.3 Å². The molecule has 2 aromatic heterocycles. The predicted octanol–water partition coefficient (Wildman–Crippen LogP) is 4.70. The minimum Gasteiger partial charge on any atom is -0.310 e. The molecule has 0 saturated heterocycles. The number of anilines is 1. The lowest BCUT2D eigenvalue weighted by molar-refractivity contribution is -0.137. The van der Waals surface area contributed by atoms with E-state index >= 15 is 0 Å². The van der Waals surface area contributed by atoms with Crippen molar-refractivity contribution in [1.29, 1.82) is 5.26 Å². The highest BCUT2D eigenvalue weighted by atomic mass is 19.4. The Bertz CT molecular complexity index is 1370. The van der Waals surface area contributed by atoms with Crippen molar-refractivity contribution in [2.75, 3.05) is 11.9 Å². The minimum absolute atomic E-state index is 0.0101. The van der Waals surface area contributed by atoms with Crippen molar-refractivity contribution in [2.45, 2.75) is 6.18 Å². The summed E-state index contributed by atoms with van der Waals surface area (Å²) in [6, 6.07) is 10.1. The summed E-state index contributed by atoms with van der Waals surface area (Å²) < 4.78 is 54.0. The summed E-state index contributed by atoms with van der Waals surface area (Å²) in [5.74, 6) is -1.31. The van der Waals surface area contributed by atoms with Gasteiger partial charge in [0.25, 0.3) is 5.91 Å².